The summed E-state index contributed by atoms with van der Waals surface area (Å²) in [5.41, 5.74) is 0.762. The number of anilines is 1. The first-order valence-corrected chi connectivity index (χ1v) is 7.57. The molecule has 0 aliphatic heterocycles. The van der Waals surface area contributed by atoms with Gasteiger partial charge in [0.2, 0.25) is 0 Å². The summed E-state index contributed by atoms with van der Waals surface area (Å²) in [5.74, 6) is 0. The monoisotopic (exact) mass is 312 g/mol. The van der Waals surface area contributed by atoms with E-state index in [0.717, 1.165) is 18.7 Å². The second-order valence-electron chi connectivity index (χ2n) is 5.27. The lowest BCUT2D eigenvalue weighted by Crippen LogP contribution is -2.32. The minimum Gasteiger partial charge on any atom is -0.449 e. The lowest BCUT2D eigenvalue weighted by atomic mass is 9.95. The summed E-state index contributed by atoms with van der Waals surface area (Å²) in [5, 5.41) is 6.23. The molecule has 118 valence electrons. The molecule has 1 aromatic rings. The highest BCUT2D eigenvalue weighted by molar-refractivity contribution is 5.85. The third-order valence-corrected chi connectivity index (χ3v) is 3.61. The number of para-hydroxylation sites is 1. The molecule has 4 nitrogen and oxygen atoms in total. The van der Waals surface area contributed by atoms with Gasteiger partial charge in [0.05, 0.1) is 6.61 Å². The number of carbonyl (C=O) groups excluding carboxylic acids is 1. The highest BCUT2D eigenvalue weighted by Gasteiger charge is 2.11. The molecule has 0 bridgehead atoms. The molecule has 5 heteroatoms. The maximum atomic E-state index is 11.5. The van der Waals surface area contributed by atoms with Gasteiger partial charge in [0.15, 0.2) is 0 Å². The number of halogens is 1. The third-order valence-electron chi connectivity index (χ3n) is 3.61. The van der Waals surface area contributed by atoms with Gasteiger partial charge >= 0.3 is 6.09 Å². The van der Waals surface area contributed by atoms with Gasteiger partial charge in [0.25, 0.3) is 0 Å². The lowest BCUT2D eigenvalue weighted by molar-refractivity contribution is 0.159. The highest BCUT2D eigenvalue weighted by Crippen LogP contribution is 2.17. The van der Waals surface area contributed by atoms with Gasteiger partial charge in [-0.25, -0.2) is 4.79 Å². The van der Waals surface area contributed by atoms with Crippen LogP contribution in [0, 0.1) is 0 Å². The Morgan fingerprint density at radius 2 is 1.86 bits per heavy atom. The van der Waals surface area contributed by atoms with Crippen molar-refractivity contribution >= 4 is 24.2 Å². The smallest absolute Gasteiger partial charge is 0.411 e. The zero-order chi connectivity index (χ0) is 14.0. The van der Waals surface area contributed by atoms with Crippen LogP contribution in [-0.2, 0) is 4.74 Å². The third kappa shape index (κ3) is 7.34. The van der Waals surface area contributed by atoms with Crippen molar-refractivity contribution < 1.29 is 9.53 Å². The van der Waals surface area contributed by atoms with E-state index in [4.69, 9.17) is 4.74 Å². The molecule has 2 rings (SSSR count). The molecule has 0 heterocycles. The van der Waals surface area contributed by atoms with E-state index >= 15 is 0 Å². The lowest BCUT2D eigenvalue weighted by Gasteiger charge is -2.22. The van der Waals surface area contributed by atoms with Crippen LogP contribution < -0.4 is 10.6 Å². The Labute approximate surface area is 133 Å². The second-order valence-corrected chi connectivity index (χ2v) is 5.27. The van der Waals surface area contributed by atoms with Crippen LogP contribution in [-0.4, -0.2) is 25.3 Å². The quantitative estimate of drug-likeness (QED) is 0.781. The number of ether oxygens (including phenoxy) is 1. The fourth-order valence-corrected chi connectivity index (χ4v) is 2.53. The van der Waals surface area contributed by atoms with Crippen molar-refractivity contribution in [1.29, 1.82) is 0 Å². The molecule has 1 aliphatic carbocycles. The van der Waals surface area contributed by atoms with Gasteiger partial charge in [-0.1, -0.05) is 37.5 Å². The number of hydrogen-bond donors (Lipinski definition) is 2. The van der Waals surface area contributed by atoms with E-state index in [9.17, 15) is 4.79 Å². The van der Waals surface area contributed by atoms with Gasteiger partial charge < -0.3 is 10.1 Å². The highest BCUT2D eigenvalue weighted by atomic mass is 35.5. The summed E-state index contributed by atoms with van der Waals surface area (Å²) in [6.45, 7) is 1.38. The van der Waals surface area contributed by atoms with Crippen LogP contribution in [0.5, 0.6) is 0 Å². The van der Waals surface area contributed by atoms with Gasteiger partial charge in [-0.2, -0.15) is 0 Å². The summed E-state index contributed by atoms with van der Waals surface area (Å²) < 4.78 is 5.15. The summed E-state index contributed by atoms with van der Waals surface area (Å²) in [7, 11) is 0. The first kappa shape index (κ1) is 17.8. The van der Waals surface area contributed by atoms with Gasteiger partial charge in [-0.05, 0) is 37.9 Å². The van der Waals surface area contributed by atoms with E-state index in [1.54, 1.807) is 0 Å². The first-order valence-electron chi connectivity index (χ1n) is 7.57. The van der Waals surface area contributed by atoms with Crippen molar-refractivity contribution in [2.24, 2.45) is 0 Å². The standard InChI is InChI=1S/C16H24N2O2.ClH/c19-16(18-15-10-5-2-6-11-15)20-13-7-12-17-14-8-3-1-4-9-14;/h2,5-6,10-11,14,17H,1,3-4,7-9,12-13H2,(H,18,19);1H. The molecular formula is C16H25ClN2O2. The van der Waals surface area contributed by atoms with Crippen molar-refractivity contribution in [3.63, 3.8) is 0 Å². The molecule has 1 aliphatic rings. The molecule has 0 unspecified atom stereocenters. The summed E-state index contributed by atoms with van der Waals surface area (Å²) in [6.07, 6.45) is 7.11. The number of rotatable bonds is 6. The number of amides is 1. The maximum absolute atomic E-state index is 11.5. The average Bonchev–Trinajstić information content (AvgIpc) is 2.49. The molecule has 1 fully saturated rings. The number of hydrogen-bond acceptors (Lipinski definition) is 3. The minimum atomic E-state index is -0.381. The van der Waals surface area contributed by atoms with E-state index < -0.39 is 0 Å². The molecule has 0 atom stereocenters. The molecule has 21 heavy (non-hydrogen) atoms. The predicted octanol–water partition coefficient (Wildman–Crippen LogP) is 3.97. The van der Waals surface area contributed by atoms with Crippen molar-refractivity contribution in [2.75, 3.05) is 18.5 Å². The van der Waals surface area contributed by atoms with E-state index in [0.29, 0.717) is 12.6 Å². The van der Waals surface area contributed by atoms with Gasteiger partial charge in [0.1, 0.15) is 0 Å². The van der Waals surface area contributed by atoms with Crippen LogP contribution in [0.3, 0.4) is 0 Å². The van der Waals surface area contributed by atoms with Crippen LogP contribution in [0.25, 0.3) is 0 Å². The molecule has 0 aromatic heterocycles. The maximum Gasteiger partial charge on any atom is 0.411 e. The average molecular weight is 313 g/mol. The second kappa shape index (κ2) is 10.5. The van der Waals surface area contributed by atoms with Gasteiger partial charge in [0, 0.05) is 11.7 Å². The van der Waals surface area contributed by atoms with Crippen molar-refractivity contribution in [2.45, 2.75) is 44.6 Å². The van der Waals surface area contributed by atoms with E-state index in [1.165, 1.54) is 32.1 Å². The fraction of sp³-hybridized carbons (Fsp3) is 0.562. The van der Waals surface area contributed by atoms with Crippen LogP contribution in [0.15, 0.2) is 30.3 Å². The van der Waals surface area contributed by atoms with Crippen LogP contribution in [0.2, 0.25) is 0 Å². The molecule has 0 saturated heterocycles. The van der Waals surface area contributed by atoms with Crippen LogP contribution in [0.4, 0.5) is 10.5 Å². The summed E-state index contributed by atoms with van der Waals surface area (Å²) in [6, 6.07) is 10.0. The van der Waals surface area contributed by atoms with E-state index in [1.807, 2.05) is 30.3 Å². The molecule has 1 saturated carbocycles. The Morgan fingerprint density at radius 1 is 1.14 bits per heavy atom. The summed E-state index contributed by atoms with van der Waals surface area (Å²) >= 11 is 0. The molecular weight excluding hydrogens is 288 g/mol. The Balaban J connectivity index is 0.00000220. The van der Waals surface area contributed by atoms with Gasteiger partial charge in [-0.15, -0.1) is 12.4 Å². The van der Waals surface area contributed by atoms with Crippen LogP contribution >= 0.6 is 12.4 Å². The largest absolute Gasteiger partial charge is 0.449 e. The summed E-state index contributed by atoms with van der Waals surface area (Å²) in [4.78, 5) is 11.5. The number of benzene rings is 1. The fourth-order valence-electron chi connectivity index (χ4n) is 2.53. The normalized spacial score (nSPS) is 15.0. The van der Waals surface area contributed by atoms with Crippen molar-refractivity contribution in [3.05, 3.63) is 30.3 Å². The van der Waals surface area contributed by atoms with E-state index in [-0.39, 0.29) is 18.5 Å². The Hall–Kier alpha value is -1.26. The molecule has 0 radical (unpaired) electrons. The van der Waals surface area contributed by atoms with Crippen molar-refractivity contribution in [3.8, 4) is 0 Å². The Bertz CT molecular complexity index is 395. The number of carbonyl (C=O) groups is 1. The molecule has 0 spiro atoms. The first-order chi connectivity index (χ1) is 9.84. The SMILES string of the molecule is Cl.O=C(Nc1ccccc1)OCCCNC1CCCCC1. The molecule has 1 amide bonds. The Kier molecular flexibility index (Phi) is 8.87. The zero-order valence-electron chi connectivity index (χ0n) is 12.3. The zero-order valence-corrected chi connectivity index (χ0v) is 13.2. The van der Waals surface area contributed by atoms with E-state index in [2.05, 4.69) is 10.6 Å². The van der Waals surface area contributed by atoms with Gasteiger partial charge in [-0.3, -0.25) is 5.32 Å². The van der Waals surface area contributed by atoms with Crippen LogP contribution in [0.1, 0.15) is 38.5 Å². The van der Waals surface area contributed by atoms with Crippen molar-refractivity contribution in [1.82, 2.24) is 5.32 Å². The molecule has 1 aromatic carbocycles. The minimum absolute atomic E-state index is 0. The topological polar surface area (TPSA) is 50.4 Å². The number of nitrogens with one attached hydrogen (secondary N) is 2. The Morgan fingerprint density at radius 3 is 2.57 bits per heavy atom. The molecule has 2 N–H and O–H groups in total. The predicted molar refractivity (Wildman–Crippen MR) is 88.2 cm³/mol.